The molecule has 0 saturated heterocycles. The Bertz CT molecular complexity index is 1320. The van der Waals surface area contributed by atoms with Crippen molar-refractivity contribution in [2.75, 3.05) is 12.9 Å². The van der Waals surface area contributed by atoms with Crippen LogP contribution < -0.4 is 5.32 Å². The molecule has 0 fully saturated rings. The van der Waals surface area contributed by atoms with Gasteiger partial charge in [0, 0.05) is 21.8 Å². The van der Waals surface area contributed by atoms with E-state index in [1.165, 1.54) is 35.2 Å². The zero-order valence-electron chi connectivity index (χ0n) is 18.7. The maximum atomic E-state index is 13.3. The zero-order chi connectivity index (χ0) is 24.2. The summed E-state index contributed by atoms with van der Waals surface area (Å²) in [7, 11) is 0. The number of aryl methyl sites for hydroxylation is 2. The summed E-state index contributed by atoms with van der Waals surface area (Å²) in [5.41, 5.74) is 2.80. The van der Waals surface area contributed by atoms with Gasteiger partial charge in [0.15, 0.2) is 6.61 Å². The second-order valence-corrected chi connectivity index (χ2v) is 9.23. The van der Waals surface area contributed by atoms with Gasteiger partial charge in [0.05, 0.1) is 12.5 Å². The Labute approximate surface area is 203 Å². The van der Waals surface area contributed by atoms with Crippen LogP contribution in [0, 0.1) is 19.7 Å². The fourth-order valence-corrected chi connectivity index (χ4v) is 4.64. The fourth-order valence-electron chi connectivity index (χ4n) is 3.51. The molecule has 1 aromatic carbocycles. The summed E-state index contributed by atoms with van der Waals surface area (Å²) in [6.07, 6.45) is 1.83. The van der Waals surface area contributed by atoms with Gasteiger partial charge in [0.25, 0.3) is 11.7 Å². The van der Waals surface area contributed by atoms with Crippen molar-refractivity contribution >= 4 is 40.8 Å². The third-order valence-corrected chi connectivity index (χ3v) is 6.71. The van der Waals surface area contributed by atoms with E-state index in [1.54, 1.807) is 23.6 Å². The lowest BCUT2D eigenvalue weighted by molar-refractivity contribution is -0.148. The number of thioether (sulfide) groups is 1. The summed E-state index contributed by atoms with van der Waals surface area (Å²) in [6, 6.07) is 9.20. The van der Waals surface area contributed by atoms with Crippen molar-refractivity contribution in [2.24, 2.45) is 0 Å². The van der Waals surface area contributed by atoms with Gasteiger partial charge in [-0.15, -0.1) is 16.4 Å². The van der Waals surface area contributed by atoms with E-state index < -0.39 is 24.5 Å². The molecule has 4 aromatic rings. The highest BCUT2D eigenvalue weighted by atomic mass is 32.2. The number of carbonyl (C=O) groups excluding carboxylic acids is 2. The first-order chi connectivity index (χ1) is 16.4. The van der Waals surface area contributed by atoms with Gasteiger partial charge < -0.3 is 10.1 Å². The second kappa shape index (κ2) is 10.3. The van der Waals surface area contributed by atoms with Crippen molar-refractivity contribution < 1.29 is 18.7 Å². The normalized spacial score (nSPS) is 12.0. The Morgan fingerprint density at radius 3 is 2.65 bits per heavy atom. The van der Waals surface area contributed by atoms with Gasteiger partial charge in [0.2, 0.25) is 5.16 Å². The first kappa shape index (κ1) is 23.8. The van der Waals surface area contributed by atoms with Gasteiger partial charge in [-0.05, 0) is 49.2 Å². The molecular formula is C23H22FN5O3S2. The van der Waals surface area contributed by atoms with Crippen molar-refractivity contribution in [2.45, 2.75) is 31.5 Å². The molecule has 1 amide bonds. The molecule has 11 heteroatoms. The Kier molecular flexibility index (Phi) is 7.23. The molecule has 3 heterocycles. The third kappa shape index (κ3) is 5.26. The van der Waals surface area contributed by atoms with Gasteiger partial charge in [-0.25, -0.2) is 13.9 Å². The number of halogens is 1. The first-order valence-electron chi connectivity index (χ1n) is 10.4. The maximum Gasteiger partial charge on any atom is 0.310 e. The van der Waals surface area contributed by atoms with Crippen LogP contribution >= 0.6 is 23.1 Å². The van der Waals surface area contributed by atoms with Crippen LogP contribution in [0.2, 0.25) is 0 Å². The molecule has 0 aliphatic heterocycles. The number of amides is 1. The van der Waals surface area contributed by atoms with E-state index in [0.717, 1.165) is 16.1 Å². The smallest absolute Gasteiger partial charge is 0.310 e. The van der Waals surface area contributed by atoms with E-state index in [9.17, 15) is 14.0 Å². The van der Waals surface area contributed by atoms with Crippen LogP contribution in [0.15, 0.2) is 46.9 Å². The number of benzene rings is 1. The number of esters is 1. The molecule has 176 valence electrons. The molecule has 1 N–H and O–H groups in total. The average molecular weight is 500 g/mol. The van der Waals surface area contributed by atoms with Crippen LogP contribution in [0.1, 0.15) is 33.4 Å². The topological polar surface area (TPSA) is 98.5 Å². The predicted molar refractivity (Wildman–Crippen MR) is 127 cm³/mol. The van der Waals surface area contributed by atoms with Gasteiger partial charge in [-0.3, -0.25) is 9.59 Å². The van der Waals surface area contributed by atoms with E-state index in [0.29, 0.717) is 22.2 Å². The number of hydrogen-bond donors (Lipinski definition) is 1. The molecule has 3 aromatic heterocycles. The Morgan fingerprint density at radius 1 is 1.21 bits per heavy atom. The molecule has 0 radical (unpaired) electrons. The number of thiophene rings is 1. The molecule has 4 rings (SSSR count). The molecule has 0 aliphatic rings. The standard InChI is InChI=1S/C23H22FN5O3S2/c1-13-17(14(2)29-22(25-13)27-23(28-29)33-3)11-20(31)32-12-19(30)26-21(18-5-4-10-34-18)15-6-8-16(24)9-7-15/h4-10,21H,11-12H2,1-3H3,(H,26,30). The summed E-state index contributed by atoms with van der Waals surface area (Å²) >= 11 is 2.87. The second-order valence-electron chi connectivity index (χ2n) is 7.48. The van der Waals surface area contributed by atoms with Crippen LogP contribution in [0.25, 0.3) is 5.78 Å². The highest BCUT2D eigenvalue weighted by Crippen LogP contribution is 2.26. The molecular weight excluding hydrogens is 477 g/mol. The van der Waals surface area contributed by atoms with Crippen LogP contribution in [0.5, 0.6) is 0 Å². The molecule has 8 nitrogen and oxygen atoms in total. The van der Waals surface area contributed by atoms with E-state index >= 15 is 0 Å². The number of fused-ring (bicyclic) bond motifs is 1. The highest BCUT2D eigenvalue weighted by molar-refractivity contribution is 7.98. The Hall–Kier alpha value is -3.31. The van der Waals surface area contributed by atoms with Gasteiger partial charge in [-0.2, -0.15) is 4.98 Å². The zero-order valence-corrected chi connectivity index (χ0v) is 20.4. The van der Waals surface area contributed by atoms with E-state index in [1.807, 2.05) is 30.7 Å². The van der Waals surface area contributed by atoms with E-state index in [-0.39, 0.29) is 12.2 Å². The summed E-state index contributed by atoms with van der Waals surface area (Å²) in [4.78, 5) is 34.8. The minimum atomic E-state index is -0.554. The lowest BCUT2D eigenvalue weighted by Gasteiger charge is -2.18. The number of nitrogens with one attached hydrogen (secondary N) is 1. The number of rotatable bonds is 8. The third-order valence-electron chi connectivity index (χ3n) is 5.23. The van der Waals surface area contributed by atoms with Crippen molar-refractivity contribution in [3.8, 4) is 0 Å². The van der Waals surface area contributed by atoms with Crippen LogP contribution in [-0.2, 0) is 20.7 Å². The summed E-state index contributed by atoms with van der Waals surface area (Å²) < 4.78 is 20.2. The summed E-state index contributed by atoms with van der Waals surface area (Å²) in [6.45, 7) is 3.20. The average Bonchev–Trinajstić information content (AvgIpc) is 3.50. The summed E-state index contributed by atoms with van der Waals surface area (Å²) in [5.74, 6) is -0.903. The van der Waals surface area contributed by atoms with Crippen molar-refractivity contribution in [3.63, 3.8) is 0 Å². The number of aromatic nitrogens is 4. The minimum Gasteiger partial charge on any atom is -0.455 e. The summed E-state index contributed by atoms with van der Waals surface area (Å²) in [5, 5.41) is 9.72. The van der Waals surface area contributed by atoms with Crippen molar-refractivity contribution in [1.82, 2.24) is 24.9 Å². The molecule has 34 heavy (non-hydrogen) atoms. The molecule has 1 atom stereocenters. The van der Waals surface area contributed by atoms with Crippen molar-refractivity contribution in [3.05, 3.63) is 75.0 Å². The predicted octanol–water partition coefficient (Wildman–Crippen LogP) is 3.66. The van der Waals surface area contributed by atoms with Gasteiger partial charge >= 0.3 is 5.97 Å². The largest absolute Gasteiger partial charge is 0.455 e. The van der Waals surface area contributed by atoms with Gasteiger partial charge in [-0.1, -0.05) is 30.0 Å². The van der Waals surface area contributed by atoms with Crippen LogP contribution in [0.3, 0.4) is 0 Å². The highest BCUT2D eigenvalue weighted by Gasteiger charge is 2.20. The first-order valence-corrected chi connectivity index (χ1v) is 12.5. The number of ether oxygens (including phenoxy) is 1. The monoisotopic (exact) mass is 499 g/mol. The number of carbonyl (C=O) groups is 2. The maximum absolute atomic E-state index is 13.3. The molecule has 1 unspecified atom stereocenters. The quantitative estimate of drug-likeness (QED) is 0.292. The Balaban J connectivity index is 1.41. The molecule has 0 bridgehead atoms. The van der Waals surface area contributed by atoms with Crippen LogP contribution in [0.4, 0.5) is 4.39 Å². The lowest BCUT2D eigenvalue weighted by atomic mass is 10.1. The molecule has 0 spiro atoms. The minimum absolute atomic E-state index is 0.0470. The SMILES string of the molecule is CSc1nc2nc(C)c(CC(=O)OCC(=O)NC(c3ccc(F)cc3)c3cccs3)c(C)n2n1. The van der Waals surface area contributed by atoms with Gasteiger partial charge in [0.1, 0.15) is 5.82 Å². The van der Waals surface area contributed by atoms with Crippen molar-refractivity contribution in [1.29, 1.82) is 0 Å². The van der Waals surface area contributed by atoms with E-state index in [2.05, 4.69) is 20.4 Å². The van der Waals surface area contributed by atoms with Crippen LogP contribution in [-0.4, -0.2) is 44.3 Å². The fraction of sp³-hybridized carbons (Fsp3) is 0.261. The van der Waals surface area contributed by atoms with E-state index in [4.69, 9.17) is 4.74 Å². The Morgan fingerprint density at radius 2 is 1.97 bits per heavy atom. The molecule has 0 aliphatic carbocycles. The lowest BCUT2D eigenvalue weighted by Crippen LogP contribution is -2.33. The number of nitrogens with zero attached hydrogens (tertiary/aromatic N) is 4. The number of hydrogen-bond acceptors (Lipinski definition) is 8. The molecule has 0 saturated carbocycles.